The largest absolute Gasteiger partial charge is 0.493 e. The Hall–Kier alpha value is -1.14. The van der Waals surface area contributed by atoms with E-state index in [-0.39, 0.29) is 0 Å². The molecule has 0 saturated heterocycles. The van der Waals surface area contributed by atoms with Gasteiger partial charge in [0.25, 0.3) is 0 Å². The van der Waals surface area contributed by atoms with Gasteiger partial charge in [-0.15, -0.1) is 12.3 Å². The van der Waals surface area contributed by atoms with Crippen LogP contribution in [0.3, 0.4) is 0 Å². The number of halogens is 1. The number of hydrogen-bond acceptors (Lipinski definition) is 2. The fourth-order valence-electron chi connectivity index (χ4n) is 1.33. The van der Waals surface area contributed by atoms with Crippen molar-refractivity contribution in [1.29, 1.82) is 0 Å². The Kier molecular flexibility index (Phi) is 4.51. The Bertz CT molecular complexity index is 380. The molecule has 3 heteroatoms. The molecule has 1 aromatic carbocycles. The Labute approximate surface area is 98.7 Å². The standard InChI is InChI=1S/C12H13BrO2/c1-4-5-6-9-7-10(13)12(15-3)11(8-9)14-2/h1,7-8H,5-6H2,2-3H3. The third kappa shape index (κ3) is 2.90. The SMILES string of the molecule is C#CCCc1cc(Br)c(OC)c(OC)c1. The summed E-state index contributed by atoms with van der Waals surface area (Å²) in [6.45, 7) is 0. The summed E-state index contributed by atoms with van der Waals surface area (Å²) < 4.78 is 11.3. The minimum Gasteiger partial charge on any atom is -0.493 e. The van der Waals surface area contributed by atoms with E-state index in [1.54, 1.807) is 14.2 Å². The highest BCUT2D eigenvalue weighted by molar-refractivity contribution is 9.10. The van der Waals surface area contributed by atoms with Crippen LogP contribution in [0.1, 0.15) is 12.0 Å². The lowest BCUT2D eigenvalue weighted by atomic mass is 10.1. The van der Waals surface area contributed by atoms with Crippen molar-refractivity contribution in [2.24, 2.45) is 0 Å². The molecule has 0 aliphatic carbocycles. The van der Waals surface area contributed by atoms with Crippen LogP contribution in [0.2, 0.25) is 0 Å². The van der Waals surface area contributed by atoms with Gasteiger partial charge >= 0.3 is 0 Å². The van der Waals surface area contributed by atoms with Crippen molar-refractivity contribution in [2.45, 2.75) is 12.8 Å². The Balaban J connectivity index is 3.03. The molecule has 0 unspecified atom stereocenters. The van der Waals surface area contributed by atoms with Gasteiger partial charge in [-0.2, -0.15) is 0 Å². The normalized spacial score (nSPS) is 9.47. The summed E-state index contributed by atoms with van der Waals surface area (Å²) >= 11 is 3.43. The topological polar surface area (TPSA) is 18.5 Å². The molecule has 0 atom stereocenters. The molecule has 0 aliphatic heterocycles. The van der Waals surface area contributed by atoms with E-state index in [9.17, 15) is 0 Å². The minimum atomic E-state index is 0.710. The molecule has 0 N–H and O–H groups in total. The summed E-state index contributed by atoms with van der Waals surface area (Å²) in [4.78, 5) is 0. The van der Waals surface area contributed by atoms with Gasteiger partial charge < -0.3 is 9.47 Å². The summed E-state index contributed by atoms with van der Waals surface area (Å²) in [5.74, 6) is 4.05. The third-order valence-corrected chi connectivity index (χ3v) is 2.64. The van der Waals surface area contributed by atoms with Crippen molar-refractivity contribution < 1.29 is 9.47 Å². The van der Waals surface area contributed by atoms with Crippen molar-refractivity contribution in [2.75, 3.05) is 14.2 Å². The lowest BCUT2D eigenvalue weighted by Gasteiger charge is -2.11. The summed E-state index contributed by atoms with van der Waals surface area (Å²) in [6.07, 6.45) is 6.79. The number of rotatable bonds is 4. The zero-order valence-corrected chi connectivity index (χ0v) is 10.4. The van der Waals surface area contributed by atoms with Crippen LogP contribution in [-0.2, 0) is 6.42 Å². The molecule has 0 amide bonds. The van der Waals surface area contributed by atoms with E-state index in [1.165, 1.54) is 0 Å². The molecule has 1 rings (SSSR count). The lowest BCUT2D eigenvalue weighted by Crippen LogP contribution is -1.94. The van der Waals surface area contributed by atoms with Crippen molar-refractivity contribution in [3.63, 3.8) is 0 Å². The summed E-state index contributed by atoms with van der Waals surface area (Å²) in [7, 11) is 3.24. The molecule has 0 radical (unpaired) electrons. The first-order chi connectivity index (χ1) is 7.22. The highest BCUT2D eigenvalue weighted by Crippen LogP contribution is 2.36. The summed E-state index contributed by atoms with van der Waals surface area (Å²) in [5, 5.41) is 0. The molecule has 0 bridgehead atoms. The number of ether oxygens (including phenoxy) is 2. The Morgan fingerprint density at radius 3 is 2.60 bits per heavy atom. The van der Waals surface area contributed by atoms with Crippen molar-refractivity contribution >= 4 is 15.9 Å². The molecule has 0 aromatic heterocycles. The van der Waals surface area contributed by atoms with Gasteiger partial charge in [0.2, 0.25) is 0 Å². The smallest absolute Gasteiger partial charge is 0.174 e. The van der Waals surface area contributed by atoms with Gasteiger partial charge in [-0.1, -0.05) is 0 Å². The van der Waals surface area contributed by atoms with E-state index in [1.807, 2.05) is 12.1 Å². The van der Waals surface area contributed by atoms with Gasteiger partial charge in [-0.3, -0.25) is 0 Å². The second kappa shape index (κ2) is 5.67. The predicted molar refractivity (Wildman–Crippen MR) is 64.4 cm³/mol. The number of terminal acetylenes is 1. The van der Waals surface area contributed by atoms with Crippen LogP contribution in [0.25, 0.3) is 0 Å². The van der Waals surface area contributed by atoms with E-state index in [4.69, 9.17) is 15.9 Å². The van der Waals surface area contributed by atoms with Crippen molar-refractivity contribution in [3.8, 4) is 23.8 Å². The van der Waals surface area contributed by atoms with E-state index in [0.717, 1.165) is 28.6 Å². The number of aryl methyl sites for hydroxylation is 1. The van der Waals surface area contributed by atoms with Crippen LogP contribution in [0.5, 0.6) is 11.5 Å². The van der Waals surface area contributed by atoms with Crippen LogP contribution < -0.4 is 9.47 Å². The maximum atomic E-state index is 5.23. The molecule has 0 fully saturated rings. The second-order valence-corrected chi connectivity index (χ2v) is 3.87. The van der Waals surface area contributed by atoms with Crippen LogP contribution in [0.4, 0.5) is 0 Å². The zero-order chi connectivity index (χ0) is 11.3. The maximum Gasteiger partial charge on any atom is 0.174 e. The van der Waals surface area contributed by atoms with E-state index in [0.29, 0.717) is 5.75 Å². The van der Waals surface area contributed by atoms with Crippen LogP contribution in [0.15, 0.2) is 16.6 Å². The number of hydrogen-bond donors (Lipinski definition) is 0. The van der Waals surface area contributed by atoms with E-state index < -0.39 is 0 Å². The Morgan fingerprint density at radius 1 is 1.33 bits per heavy atom. The average molecular weight is 269 g/mol. The molecule has 1 aromatic rings. The van der Waals surface area contributed by atoms with Crippen molar-refractivity contribution in [3.05, 3.63) is 22.2 Å². The number of benzene rings is 1. The molecular formula is C12H13BrO2. The zero-order valence-electron chi connectivity index (χ0n) is 8.84. The quantitative estimate of drug-likeness (QED) is 0.782. The monoisotopic (exact) mass is 268 g/mol. The van der Waals surface area contributed by atoms with E-state index in [2.05, 4.69) is 21.9 Å². The van der Waals surface area contributed by atoms with Crippen LogP contribution >= 0.6 is 15.9 Å². The summed E-state index contributed by atoms with van der Waals surface area (Å²) in [5.41, 5.74) is 1.14. The highest BCUT2D eigenvalue weighted by Gasteiger charge is 2.09. The molecule has 0 spiro atoms. The van der Waals surface area contributed by atoms with Gasteiger partial charge in [0, 0.05) is 6.42 Å². The fourth-order valence-corrected chi connectivity index (χ4v) is 1.98. The maximum absolute atomic E-state index is 5.23. The Morgan fingerprint density at radius 2 is 2.07 bits per heavy atom. The van der Waals surface area contributed by atoms with Gasteiger partial charge in [0.15, 0.2) is 11.5 Å². The first kappa shape index (κ1) is 11.9. The predicted octanol–water partition coefficient (Wildman–Crippen LogP) is 3.03. The van der Waals surface area contributed by atoms with Crippen LogP contribution in [-0.4, -0.2) is 14.2 Å². The second-order valence-electron chi connectivity index (χ2n) is 3.02. The molecule has 80 valence electrons. The molecule has 0 heterocycles. The van der Waals surface area contributed by atoms with Gasteiger partial charge in [0.05, 0.1) is 18.7 Å². The third-order valence-electron chi connectivity index (χ3n) is 2.05. The molecule has 0 saturated carbocycles. The van der Waals surface area contributed by atoms with Gasteiger partial charge in [-0.05, 0) is 40.0 Å². The van der Waals surface area contributed by atoms with Gasteiger partial charge in [-0.25, -0.2) is 0 Å². The average Bonchev–Trinajstić information content (AvgIpc) is 2.25. The molecular weight excluding hydrogens is 256 g/mol. The molecule has 0 aliphatic rings. The van der Waals surface area contributed by atoms with Crippen LogP contribution in [0, 0.1) is 12.3 Å². The fraction of sp³-hybridized carbons (Fsp3) is 0.333. The first-order valence-electron chi connectivity index (χ1n) is 4.56. The van der Waals surface area contributed by atoms with E-state index >= 15 is 0 Å². The highest BCUT2D eigenvalue weighted by atomic mass is 79.9. The van der Waals surface area contributed by atoms with Crippen molar-refractivity contribution in [1.82, 2.24) is 0 Å². The minimum absolute atomic E-state index is 0.710. The summed E-state index contributed by atoms with van der Waals surface area (Å²) in [6, 6.07) is 3.94. The number of methoxy groups -OCH3 is 2. The first-order valence-corrected chi connectivity index (χ1v) is 5.36. The van der Waals surface area contributed by atoms with Gasteiger partial charge in [0.1, 0.15) is 0 Å². The molecule has 15 heavy (non-hydrogen) atoms. The lowest BCUT2D eigenvalue weighted by molar-refractivity contribution is 0.352. The molecule has 2 nitrogen and oxygen atoms in total.